The highest BCUT2D eigenvalue weighted by atomic mass is 19.4. The van der Waals surface area contributed by atoms with Gasteiger partial charge in [0, 0.05) is 37.1 Å². The van der Waals surface area contributed by atoms with Gasteiger partial charge in [-0.2, -0.15) is 13.2 Å². The highest BCUT2D eigenvalue weighted by Gasteiger charge is 2.34. The van der Waals surface area contributed by atoms with Crippen LogP contribution >= 0.6 is 0 Å². The van der Waals surface area contributed by atoms with Crippen LogP contribution in [0.3, 0.4) is 0 Å². The molecule has 1 aliphatic heterocycles. The molecule has 0 atom stereocenters. The van der Waals surface area contributed by atoms with Crippen molar-refractivity contribution in [2.24, 2.45) is 0 Å². The molecular formula is C27H28F4N8O. The van der Waals surface area contributed by atoms with E-state index < -0.39 is 23.6 Å². The number of nitrogens with two attached hydrogens (primary N) is 1. The summed E-state index contributed by atoms with van der Waals surface area (Å²) in [7, 11) is 1.99. The molecule has 2 aromatic carbocycles. The zero-order valence-corrected chi connectivity index (χ0v) is 21.6. The van der Waals surface area contributed by atoms with Gasteiger partial charge in [-0.25, -0.2) is 19.2 Å². The number of aromatic nitrogens is 3. The summed E-state index contributed by atoms with van der Waals surface area (Å²) in [6, 6.07) is 6.95. The summed E-state index contributed by atoms with van der Waals surface area (Å²) in [5, 5.41) is 5.26. The zero-order chi connectivity index (χ0) is 28.4. The molecule has 0 spiro atoms. The number of hydrogen-bond acceptors (Lipinski definition) is 6. The van der Waals surface area contributed by atoms with E-state index in [2.05, 4.69) is 30.5 Å². The van der Waals surface area contributed by atoms with Crippen LogP contribution < -0.4 is 16.4 Å². The minimum atomic E-state index is -4.61. The summed E-state index contributed by atoms with van der Waals surface area (Å²) in [6.07, 6.45) is -0.800. The van der Waals surface area contributed by atoms with Crippen molar-refractivity contribution in [3.05, 3.63) is 65.9 Å². The van der Waals surface area contributed by atoms with Crippen molar-refractivity contribution in [3.63, 3.8) is 0 Å². The molecule has 0 radical (unpaired) electrons. The lowest BCUT2D eigenvalue weighted by Gasteiger charge is -2.23. The van der Waals surface area contributed by atoms with E-state index in [0.717, 1.165) is 25.6 Å². The molecule has 2 aromatic heterocycles. The van der Waals surface area contributed by atoms with E-state index in [4.69, 9.17) is 5.73 Å². The van der Waals surface area contributed by atoms with Crippen molar-refractivity contribution in [1.29, 1.82) is 0 Å². The topological polar surface area (TPSA) is 115 Å². The Morgan fingerprint density at radius 3 is 2.67 bits per heavy atom. The van der Waals surface area contributed by atoms with E-state index in [-0.39, 0.29) is 29.3 Å². The van der Waals surface area contributed by atoms with Crippen LogP contribution in [0.15, 0.2) is 48.9 Å². The standard InChI is InChI=1S/C27H28F4N8O/c1-38-7-2-8-39(10-9-38)14-17-3-5-18(12-20(17)27(29,30)31)36-26(40)37-22-6-4-16(11-21(22)28)19-13-33-25-23(19)24(32)34-15-35-25/h3-6,11-13,15H,2,7-10,14H2,1H3,(H2,36,37,40)(H3,32,33,34,35). The molecular weight excluding hydrogens is 528 g/mol. The number of benzene rings is 2. The number of fused-ring (bicyclic) bond motifs is 1. The Bertz CT molecular complexity index is 1540. The van der Waals surface area contributed by atoms with Crippen molar-refractivity contribution in [2.45, 2.75) is 19.1 Å². The molecule has 4 aromatic rings. The zero-order valence-electron chi connectivity index (χ0n) is 21.6. The van der Waals surface area contributed by atoms with Gasteiger partial charge in [0.15, 0.2) is 0 Å². The molecule has 3 heterocycles. The van der Waals surface area contributed by atoms with E-state index in [1.54, 1.807) is 12.3 Å². The maximum atomic E-state index is 14.9. The number of anilines is 3. The number of nitrogen functional groups attached to an aromatic ring is 1. The summed E-state index contributed by atoms with van der Waals surface area (Å²) in [6.45, 7) is 3.21. The van der Waals surface area contributed by atoms with Gasteiger partial charge in [0.2, 0.25) is 0 Å². The lowest BCUT2D eigenvalue weighted by atomic mass is 10.0. The summed E-state index contributed by atoms with van der Waals surface area (Å²) in [4.78, 5) is 27.7. The van der Waals surface area contributed by atoms with Gasteiger partial charge in [0.25, 0.3) is 0 Å². The number of nitrogens with zero attached hydrogens (tertiary/aromatic N) is 4. The summed E-state index contributed by atoms with van der Waals surface area (Å²) >= 11 is 0. The first kappa shape index (κ1) is 27.3. The number of urea groups is 1. The van der Waals surface area contributed by atoms with Crippen molar-refractivity contribution >= 4 is 34.3 Å². The van der Waals surface area contributed by atoms with Crippen LogP contribution in [0.25, 0.3) is 22.2 Å². The largest absolute Gasteiger partial charge is 0.416 e. The summed E-state index contributed by atoms with van der Waals surface area (Å²) in [5.41, 5.74) is 6.59. The van der Waals surface area contributed by atoms with E-state index >= 15 is 0 Å². The van der Waals surface area contributed by atoms with E-state index in [1.807, 2.05) is 11.9 Å². The first-order chi connectivity index (χ1) is 19.1. The highest BCUT2D eigenvalue weighted by Crippen LogP contribution is 2.35. The van der Waals surface area contributed by atoms with Crippen molar-refractivity contribution < 1.29 is 22.4 Å². The third-order valence-corrected chi connectivity index (χ3v) is 6.91. The van der Waals surface area contributed by atoms with Gasteiger partial charge in [0.1, 0.15) is 23.6 Å². The van der Waals surface area contributed by atoms with Crippen LogP contribution in [0.5, 0.6) is 0 Å². The molecule has 210 valence electrons. The minimum Gasteiger partial charge on any atom is -0.383 e. The first-order valence-corrected chi connectivity index (χ1v) is 12.6. The van der Waals surface area contributed by atoms with Crippen LogP contribution in [-0.4, -0.2) is 64.0 Å². The molecule has 9 nitrogen and oxygen atoms in total. The predicted octanol–water partition coefficient (Wildman–Crippen LogP) is 5.15. The second-order valence-corrected chi connectivity index (χ2v) is 9.76. The van der Waals surface area contributed by atoms with E-state index in [1.165, 1.54) is 30.6 Å². The smallest absolute Gasteiger partial charge is 0.383 e. The Hall–Kier alpha value is -4.23. The molecule has 1 aliphatic rings. The second kappa shape index (κ2) is 11.1. The Labute approximate surface area is 227 Å². The fraction of sp³-hybridized carbons (Fsp3) is 0.296. The van der Waals surface area contributed by atoms with Crippen molar-refractivity contribution in [3.8, 4) is 11.1 Å². The maximum Gasteiger partial charge on any atom is 0.416 e. The number of carbonyl (C=O) groups excluding carboxylic acids is 1. The molecule has 1 fully saturated rings. The fourth-order valence-corrected chi connectivity index (χ4v) is 4.84. The number of likely N-dealkylation sites (N-methyl/N-ethyl adjacent to an activating group) is 1. The average Bonchev–Trinajstić information content (AvgIpc) is 3.24. The maximum absolute atomic E-state index is 14.9. The van der Waals surface area contributed by atoms with Crippen LogP contribution in [0.2, 0.25) is 0 Å². The quantitative estimate of drug-likeness (QED) is 0.253. The molecule has 1 saturated heterocycles. The van der Waals surface area contributed by atoms with Crippen LogP contribution in [0, 0.1) is 5.82 Å². The van der Waals surface area contributed by atoms with Crippen LogP contribution in [0.4, 0.5) is 39.5 Å². The molecule has 13 heteroatoms. The van der Waals surface area contributed by atoms with E-state index in [0.29, 0.717) is 35.2 Å². The molecule has 0 bridgehead atoms. The monoisotopic (exact) mass is 556 g/mol. The number of H-pyrrole nitrogens is 1. The van der Waals surface area contributed by atoms with Gasteiger partial charge in [0.05, 0.1) is 16.6 Å². The second-order valence-electron chi connectivity index (χ2n) is 9.76. The van der Waals surface area contributed by atoms with Gasteiger partial charge in [-0.05, 0) is 62.0 Å². The molecule has 2 amide bonds. The SMILES string of the molecule is CN1CCCN(Cc2ccc(NC(=O)Nc3ccc(-c4c[nH]c5ncnc(N)c45)cc3F)cc2C(F)(F)F)CC1. The molecule has 0 saturated carbocycles. The van der Waals surface area contributed by atoms with Gasteiger partial charge in [-0.3, -0.25) is 4.90 Å². The highest BCUT2D eigenvalue weighted by molar-refractivity contribution is 6.02. The number of alkyl halides is 3. The van der Waals surface area contributed by atoms with Crippen LogP contribution in [-0.2, 0) is 12.7 Å². The fourth-order valence-electron chi connectivity index (χ4n) is 4.84. The number of nitrogens with one attached hydrogen (secondary N) is 3. The van der Waals surface area contributed by atoms with Gasteiger partial charge < -0.3 is 26.3 Å². The number of carbonyl (C=O) groups is 1. The molecule has 5 N–H and O–H groups in total. The number of rotatable bonds is 5. The molecule has 0 unspecified atom stereocenters. The third kappa shape index (κ3) is 6.00. The summed E-state index contributed by atoms with van der Waals surface area (Å²) < 4.78 is 56.7. The summed E-state index contributed by atoms with van der Waals surface area (Å²) in [5.74, 6) is -0.515. The Morgan fingerprint density at radius 2 is 1.90 bits per heavy atom. The molecule has 0 aliphatic carbocycles. The number of amides is 2. The Kier molecular flexibility index (Phi) is 7.59. The Balaban J connectivity index is 1.30. The number of hydrogen-bond donors (Lipinski definition) is 4. The lowest BCUT2D eigenvalue weighted by Crippen LogP contribution is -2.29. The Morgan fingerprint density at radius 1 is 1.07 bits per heavy atom. The van der Waals surface area contributed by atoms with E-state index in [9.17, 15) is 22.4 Å². The predicted molar refractivity (Wildman–Crippen MR) is 145 cm³/mol. The van der Waals surface area contributed by atoms with Gasteiger partial charge >= 0.3 is 12.2 Å². The minimum absolute atomic E-state index is 0.0597. The van der Waals surface area contributed by atoms with Crippen LogP contribution in [0.1, 0.15) is 17.5 Å². The average molecular weight is 557 g/mol. The first-order valence-electron chi connectivity index (χ1n) is 12.6. The van der Waals surface area contributed by atoms with Crippen molar-refractivity contribution in [2.75, 3.05) is 49.6 Å². The van der Waals surface area contributed by atoms with Gasteiger partial charge in [-0.1, -0.05) is 12.1 Å². The normalized spacial score (nSPS) is 15.2. The number of aromatic amines is 1. The van der Waals surface area contributed by atoms with Gasteiger partial charge in [-0.15, -0.1) is 0 Å². The lowest BCUT2D eigenvalue weighted by molar-refractivity contribution is -0.138. The number of halogens is 4. The molecule has 40 heavy (non-hydrogen) atoms. The molecule has 5 rings (SSSR count). The van der Waals surface area contributed by atoms with Crippen molar-refractivity contribution in [1.82, 2.24) is 24.8 Å². The third-order valence-electron chi connectivity index (χ3n) is 6.91.